The molecule has 0 unspecified atom stereocenters. The number of aromatic nitrogens is 5. The van der Waals surface area contributed by atoms with Crippen molar-refractivity contribution >= 4 is 50.0 Å². The molecule has 3 aromatic heterocycles. The second-order valence-electron chi connectivity index (χ2n) is 8.24. The Hall–Kier alpha value is -3.61. The number of nitrogens with one attached hydrogen (secondary N) is 1. The minimum atomic E-state index is 0.215. The van der Waals surface area contributed by atoms with Gasteiger partial charge in [-0.3, -0.25) is 0 Å². The van der Waals surface area contributed by atoms with Gasteiger partial charge in [0.15, 0.2) is 21.6 Å². The van der Waals surface area contributed by atoms with E-state index in [4.69, 9.17) is 30.2 Å². The second-order valence-corrected chi connectivity index (χ2v) is 9.22. The molecule has 2 saturated heterocycles. The number of morpholine rings is 2. The molecule has 0 atom stereocenters. The Balaban J connectivity index is 1.32. The first-order valence-electron chi connectivity index (χ1n) is 11.5. The van der Waals surface area contributed by atoms with Crippen molar-refractivity contribution in [1.82, 2.24) is 24.9 Å². The van der Waals surface area contributed by atoms with Gasteiger partial charge < -0.3 is 30.3 Å². The number of nitrogens with zero attached hydrogens (tertiary/aromatic N) is 7. The lowest BCUT2D eigenvalue weighted by Gasteiger charge is -2.28. The number of thiazole rings is 1. The van der Waals surface area contributed by atoms with E-state index in [1.165, 1.54) is 17.0 Å². The lowest BCUT2D eigenvalue weighted by atomic mass is 10.2. The van der Waals surface area contributed by atoms with Gasteiger partial charge in [0.1, 0.15) is 5.52 Å². The van der Waals surface area contributed by atoms with Crippen molar-refractivity contribution in [3.8, 4) is 11.4 Å². The summed E-state index contributed by atoms with van der Waals surface area (Å²) in [4.78, 5) is 28.0. The van der Waals surface area contributed by atoms with Crippen LogP contribution in [0.15, 0.2) is 36.7 Å². The predicted molar refractivity (Wildman–Crippen MR) is 136 cm³/mol. The third kappa shape index (κ3) is 4.67. The molecule has 2 aliphatic heterocycles. The van der Waals surface area contributed by atoms with Crippen molar-refractivity contribution in [2.45, 2.75) is 0 Å². The van der Waals surface area contributed by atoms with Gasteiger partial charge in [-0.05, 0) is 24.3 Å². The van der Waals surface area contributed by atoms with Crippen molar-refractivity contribution < 1.29 is 9.47 Å². The summed E-state index contributed by atoms with van der Waals surface area (Å²) >= 11 is 1.49. The fourth-order valence-corrected chi connectivity index (χ4v) is 4.99. The van der Waals surface area contributed by atoms with Crippen LogP contribution >= 0.6 is 11.3 Å². The molecule has 180 valence electrons. The molecule has 0 saturated carbocycles. The maximum Gasteiger partial charge on any atom is 0.219 e. The van der Waals surface area contributed by atoms with Crippen molar-refractivity contribution in [2.75, 3.05) is 73.5 Å². The molecule has 2 aliphatic rings. The van der Waals surface area contributed by atoms with Gasteiger partial charge in [-0.1, -0.05) is 11.3 Å². The third-order valence-corrected chi connectivity index (χ3v) is 6.84. The molecule has 2 fully saturated rings. The van der Waals surface area contributed by atoms with Gasteiger partial charge in [0.25, 0.3) is 0 Å². The maximum atomic E-state index is 5.66. The molecule has 0 aliphatic carbocycles. The number of benzene rings is 1. The summed E-state index contributed by atoms with van der Waals surface area (Å²) < 4.78 is 11.0. The Labute approximate surface area is 206 Å². The number of hydrogen-bond acceptors (Lipinski definition) is 12. The smallest absolute Gasteiger partial charge is 0.219 e. The molecule has 12 heteroatoms. The number of hydrogen-bond donors (Lipinski definition) is 2. The fraction of sp³-hybridized carbons (Fsp3) is 0.348. The number of nitrogen functional groups attached to an aromatic ring is 1. The van der Waals surface area contributed by atoms with Crippen LogP contribution in [0.5, 0.6) is 0 Å². The molecule has 6 rings (SSSR count). The van der Waals surface area contributed by atoms with Gasteiger partial charge in [-0.15, -0.1) is 0 Å². The minimum absolute atomic E-state index is 0.215. The van der Waals surface area contributed by atoms with Crippen LogP contribution in [0.3, 0.4) is 0 Å². The van der Waals surface area contributed by atoms with Crippen LogP contribution in [0, 0.1) is 0 Å². The van der Waals surface area contributed by atoms with Crippen LogP contribution in [-0.4, -0.2) is 77.5 Å². The van der Waals surface area contributed by atoms with Crippen molar-refractivity contribution in [2.24, 2.45) is 0 Å². The second kappa shape index (κ2) is 9.56. The summed E-state index contributed by atoms with van der Waals surface area (Å²) in [6, 6.07) is 8.39. The van der Waals surface area contributed by atoms with E-state index in [-0.39, 0.29) is 5.95 Å². The Bertz CT molecular complexity index is 1300. The van der Waals surface area contributed by atoms with E-state index in [1.807, 2.05) is 0 Å². The van der Waals surface area contributed by atoms with E-state index >= 15 is 0 Å². The topological polar surface area (TPSA) is 127 Å². The molecule has 0 amide bonds. The van der Waals surface area contributed by atoms with E-state index in [2.05, 4.69) is 49.4 Å². The Morgan fingerprint density at radius 3 is 2.17 bits per heavy atom. The average Bonchev–Trinajstić information content (AvgIpc) is 3.32. The summed E-state index contributed by atoms with van der Waals surface area (Å²) in [6.45, 7) is 6.14. The molecule has 5 heterocycles. The first-order valence-corrected chi connectivity index (χ1v) is 12.3. The Morgan fingerprint density at radius 2 is 1.49 bits per heavy atom. The van der Waals surface area contributed by atoms with E-state index in [0.29, 0.717) is 24.6 Å². The molecule has 0 spiro atoms. The lowest BCUT2D eigenvalue weighted by molar-refractivity contribution is 0.122. The zero-order valence-electron chi connectivity index (χ0n) is 19.1. The average molecular weight is 492 g/mol. The number of ether oxygens (including phenoxy) is 2. The molecule has 0 bridgehead atoms. The van der Waals surface area contributed by atoms with E-state index < -0.39 is 0 Å². The highest BCUT2D eigenvalue weighted by Crippen LogP contribution is 2.34. The number of rotatable bonds is 5. The van der Waals surface area contributed by atoms with Crippen LogP contribution in [-0.2, 0) is 9.47 Å². The van der Waals surface area contributed by atoms with Gasteiger partial charge in [0.2, 0.25) is 5.95 Å². The third-order valence-electron chi connectivity index (χ3n) is 5.98. The van der Waals surface area contributed by atoms with E-state index in [0.717, 1.165) is 66.4 Å². The van der Waals surface area contributed by atoms with Gasteiger partial charge in [-0.25, -0.2) is 24.9 Å². The minimum Gasteiger partial charge on any atom is -0.378 e. The number of nitrogens with two attached hydrogens (primary N) is 1. The molecule has 35 heavy (non-hydrogen) atoms. The number of anilines is 5. The van der Waals surface area contributed by atoms with Gasteiger partial charge in [0, 0.05) is 49.9 Å². The zero-order chi connectivity index (χ0) is 23.6. The SMILES string of the molecule is Nc1ncc(-c2nc(N3CCOCC3)c3nc(Nc4ccc(N5CCOCC5)cc4)sc3n2)cn1. The molecule has 4 aromatic rings. The maximum absolute atomic E-state index is 5.66. The normalized spacial score (nSPS) is 16.6. The molecular weight excluding hydrogens is 466 g/mol. The van der Waals surface area contributed by atoms with E-state index in [1.54, 1.807) is 12.4 Å². The standard InChI is InChI=1S/C23H25N9O2S/c24-22-25-13-15(14-26-22)19-29-20(32-7-11-34-12-8-32)18-21(30-19)35-23(28-18)27-16-1-3-17(4-2-16)31-5-9-33-10-6-31/h1-4,13-14H,5-12H2,(H,27,28)(H2,24,25,26). The summed E-state index contributed by atoms with van der Waals surface area (Å²) in [5.74, 6) is 1.55. The quantitative estimate of drug-likeness (QED) is 0.427. The zero-order valence-corrected chi connectivity index (χ0v) is 19.9. The van der Waals surface area contributed by atoms with Crippen LogP contribution in [0.2, 0.25) is 0 Å². The van der Waals surface area contributed by atoms with Crippen molar-refractivity contribution in [3.05, 3.63) is 36.7 Å². The van der Waals surface area contributed by atoms with Gasteiger partial charge >= 0.3 is 0 Å². The summed E-state index contributed by atoms with van der Waals surface area (Å²) in [5.41, 5.74) is 9.29. The van der Waals surface area contributed by atoms with Crippen molar-refractivity contribution in [3.63, 3.8) is 0 Å². The first-order chi connectivity index (χ1) is 17.2. The molecule has 11 nitrogen and oxygen atoms in total. The lowest BCUT2D eigenvalue weighted by Crippen LogP contribution is -2.37. The van der Waals surface area contributed by atoms with Crippen LogP contribution in [0.1, 0.15) is 0 Å². The van der Waals surface area contributed by atoms with E-state index in [9.17, 15) is 0 Å². The Morgan fingerprint density at radius 1 is 0.829 bits per heavy atom. The molecule has 1 aromatic carbocycles. The summed E-state index contributed by atoms with van der Waals surface area (Å²) in [6.07, 6.45) is 3.28. The molecular formula is C23H25N9O2S. The fourth-order valence-electron chi connectivity index (χ4n) is 4.14. The van der Waals surface area contributed by atoms with Crippen LogP contribution in [0.4, 0.5) is 28.3 Å². The van der Waals surface area contributed by atoms with Gasteiger partial charge in [0.05, 0.1) is 32.0 Å². The highest BCUT2D eigenvalue weighted by molar-refractivity contribution is 7.21. The highest BCUT2D eigenvalue weighted by Gasteiger charge is 2.21. The molecule has 0 radical (unpaired) electrons. The summed E-state index contributed by atoms with van der Waals surface area (Å²) in [5, 5.41) is 4.19. The largest absolute Gasteiger partial charge is 0.378 e. The van der Waals surface area contributed by atoms with Crippen molar-refractivity contribution in [1.29, 1.82) is 0 Å². The van der Waals surface area contributed by atoms with Gasteiger partial charge in [-0.2, -0.15) is 0 Å². The van der Waals surface area contributed by atoms with Crippen LogP contribution < -0.4 is 20.9 Å². The first kappa shape index (κ1) is 21.9. The monoisotopic (exact) mass is 491 g/mol. The highest BCUT2D eigenvalue weighted by atomic mass is 32.1. The predicted octanol–water partition coefficient (Wildman–Crippen LogP) is 2.54. The van der Waals surface area contributed by atoms with Crippen LogP contribution in [0.25, 0.3) is 21.7 Å². The summed E-state index contributed by atoms with van der Waals surface area (Å²) in [7, 11) is 0. The Kier molecular flexibility index (Phi) is 5.98. The number of fused-ring (bicyclic) bond motifs is 1. The molecule has 3 N–H and O–H groups in total.